The van der Waals surface area contributed by atoms with Crippen LogP contribution in [0.3, 0.4) is 0 Å². The van der Waals surface area contributed by atoms with E-state index < -0.39 is 0 Å². The molecule has 0 N–H and O–H groups in total. The fraction of sp³-hybridized carbons (Fsp3) is 0.857. The van der Waals surface area contributed by atoms with Gasteiger partial charge < -0.3 is 4.74 Å². The molecule has 0 spiro atoms. The lowest BCUT2D eigenvalue weighted by Crippen LogP contribution is -2.34. The van der Waals surface area contributed by atoms with Crippen LogP contribution in [0.4, 0.5) is 0 Å². The van der Waals surface area contributed by atoms with Crippen molar-refractivity contribution in [3.8, 4) is 0 Å². The average molecular weight is 204 g/mol. The van der Waals surface area contributed by atoms with E-state index in [1.807, 2.05) is 0 Å². The predicted molar refractivity (Wildman–Crippen MR) is 59.5 cm³/mol. The molecule has 6 atom stereocenters. The zero-order valence-corrected chi connectivity index (χ0v) is 9.70. The molecule has 4 aliphatic rings. The Kier molecular flexibility index (Phi) is 1.47. The quantitative estimate of drug-likeness (QED) is 0.436. The lowest BCUT2D eigenvalue weighted by Gasteiger charge is -2.36. The van der Waals surface area contributed by atoms with Gasteiger partial charge in [-0.2, -0.15) is 0 Å². The first-order valence-corrected chi connectivity index (χ1v) is 6.54. The van der Waals surface area contributed by atoms with Gasteiger partial charge in [0, 0.05) is 0 Å². The molecule has 3 aliphatic carbocycles. The van der Waals surface area contributed by atoms with Crippen molar-refractivity contribution in [1.29, 1.82) is 0 Å². The minimum atomic E-state index is 0.296. The van der Waals surface area contributed by atoms with Crippen LogP contribution < -0.4 is 0 Å². The fourth-order valence-corrected chi connectivity index (χ4v) is 4.91. The van der Waals surface area contributed by atoms with E-state index in [0.717, 1.165) is 23.7 Å². The van der Waals surface area contributed by atoms with E-state index in [2.05, 4.69) is 19.9 Å². The molecular formula is C14H20O. The van der Waals surface area contributed by atoms with Gasteiger partial charge in [-0.1, -0.05) is 11.6 Å². The second kappa shape index (κ2) is 2.51. The lowest BCUT2D eigenvalue weighted by molar-refractivity contribution is 0.181. The second-order valence-corrected chi connectivity index (χ2v) is 6.36. The van der Waals surface area contributed by atoms with E-state index in [1.165, 1.54) is 25.7 Å². The van der Waals surface area contributed by atoms with Gasteiger partial charge in [-0.05, 0) is 63.2 Å². The zero-order chi connectivity index (χ0) is 10.2. The van der Waals surface area contributed by atoms with Crippen molar-refractivity contribution in [1.82, 2.24) is 0 Å². The SMILES string of the molecule is C/C=C1\CC2CC1C1CC3(C)OC3CC21. The van der Waals surface area contributed by atoms with Crippen molar-refractivity contribution in [2.24, 2.45) is 23.7 Å². The van der Waals surface area contributed by atoms with Crippen molar-refractivity contribution in [3.63, 3.8) is 0 Å². The predicted octanol–water partition coefficient (Wildman–Crippen LogP) is 3.16. The molecule has 0 radical (unpaired) electrons. The third-order valence-electron chi connectivity index (χ3n) is 5.74. The normalized spacial score (nSPS) is 63.1. The van der Waals surface area contributed by atoms with E-state index in [1.54, 1.807) is 5.57 Å². The maximum atomic E-state index is 5.88. The topological polar surface area (TPSA) is 12.5 Å². The molecule has 0 aromatic rings. The number of hydrogen-bond acceptors (Lipinski definition) is 1. The lowest BCUT2D eigenvalue weighted by atomic mass is 9.66. The Bertz CT molecular complexity index is 345. The molecule has 0 aromatic carbocycles. The Balaban J connectivity index is 1.67. The van der Waals surface area contributed by atoms with E-state index >= 15 is 0 Å². The van der Waals surface area contributed by atoms with Gasteiger partial charge in [0.05, 0.1) is 11.7 Å². The van der Waals surface area contributed by atoms with Crippen LogP contribution in [0.1, 0.15) is 39.5 Å². The van der Waals surface area contributed by atoms with E-state index in [0.29, 0.717) is 11.7 Å². The van der Waals surface area contributed by atoms with Crippen molar-refractivity contribution >= 4 is 0 Å². The summed E-state index contributed by atoms with van der Waals surface area (Å²) in [6.07, 6.45) is 8.65. The van der Waals surface area contributed by atoms with Crippen LogP contribution in [0, 0.1) is 23.7 Å². The third kappa shape index (κ3) is 0.982. The van der Waals surface area contributed by atoms with E-state index in [-0.39, 0.29) is 0 Å². The first-order chi connectivity index (χ1) is 7.21. The Morgan fingerprint density at radius 3 is 3.00 bits per heavy atom. The van der Waals surface area contributed by atoms with Crippen LogP contribution in [0.5, 0.6) is 0 Å². The molecule has 1 saturated heterocycles. The molecule has 4 fully saturated rings. The average Bonchev–Trinajstić information content (AvgIpc) is 2.58. The Morgan fingerprint density at radius 1 is 1.33 bits per heavy atom. The number of rotatable bonds is 0. The van der Waals surface area contributed by atoms with E-state index in [9.17, 15) is 0 Å². The summed E-state index contributed by atoms with van der Waals surface area (Å²) in [5.74, 6) is 3.94. The second-order valence-electron chi connectivity index (χ2n) is 6.36. The van der Waals surface area contributed by atoms with Gasteiger partial charge in [-0.3, -0.25) is 0 Å². The molecule has 1 nitrogen and oxygen atoms in total. The van der Waals surface area contributed by atoms with E-state index in [4.69, 9.17) is 4.74 Å². The number of allylic oxidation sites excluding steroid dienone is 2. The molecule has 82 valence electrons. The summed E-state index contributed by atoms with van der Waals surface area (Å²) in [5, 5.41) is 0. The number of hydrogen-bond donors (Lipinski definition) is 0. The molecular weight excluding hydrogens is 184 g/mol. The summed E-state index contributed by atoms with van der Waals surface area (Å²) in [7, 11) is 0. The van der Waals surface area contributed by atoms with Gasteiger partial charge in [0.2, 0.25) is 0 Å². The first kappa shape index (κ1) is 8.81. The van der Waals surface area contributed by atoms with Crippen LogP contribution in [-0.2, 0) is 4.74 Å². The maximum Gasteiger partial charge on any atom is 0.0923 e. The van der Waals surface area contributed by atoms with Gasteiger partial charge in [0.1, 0.15) is 0 Å². The van der Waals surface area contributed by atoms with Gasteiger partial charge >= 0.3 is 0 Å². The van der Waals surface area contributed by atoms with Crippen molar-refractivity contribution in [3.05, 3.63) is 11.6 Å². The Labute approximate surface area is 91.9 Å². The highest BCUT2D eigenvalue weighted by atomic mass is 16.6. The number of fused-ring (bicyclic) bond motifs is 6. The van der Waals surface area contributed by atoms with Crippen LogP contribution in [-0.4, -0.2) is 11.7 Å². The largest absolute Gasteiger partial charge is 0.366 e. The summed E-state index contributed by atoms with van der Waals surface area (Å²) in [6, 6.07) is 0. The summed E-state index contributed by atoms with van der Waals surface area (Å²) in [5.41, 5.74) is 2.06. The monoisotopic (exact) mass is 204 g/mol. The summed E-state index contributed by atoms with van der Waals surface area (Å²) < 4.78 is 5.88. The van der Waals surface area contributed by atoms with Gasteiger partial charge in [-0.25, -0.2) is 0 Å². The number of ether oxygens (including phenoxy) is 1. The summed E-state index contributed by atoms with van der Waals surface area (Å²) >= 11 is 0. The molecule has 6 unspecified atom stereocenters. The Morgan fingerprint density at radius 2 is 2.20 bits per heavy atom. The first-order valence-electron chi connectivity index (χ1n) is 6.54. The molecule has 1 heteroatoms. The standard InChI is InChI=1S/C14H20O/c1-3-8-4-9-5-10(8)12-7-14(2)13(15-14)6-11(9)12/h3,9-13H,4-7H2,1-2H3/b8-3+. The maximum absolute atomic E-state index is 5.88. The molecule has 1 aliphatic heterocycles. The highest BCUT2D eigenvalue weighted by Gasteiger charge is 2.64. The minimum Gasteiger partial charge on any atom is -0.366 e. The molecule has 1 heterocycles. The van der Waals surface area contributed by atoms with Crippen LogP contribution >= 0.6 is 0 Å². The van der Waals surface area contributed by atoms with Crippen LogP contribution in [0.15, 0.2) is 11.6 Å². The van der Waals surface area contributed by atoms with Crippen molar-refractivity contribution in [2.45, 2.75) is 51.2 Å². The summed E-state index contributed by atoms with van der Waals surface area (Å²) in [4.78, 5) is 0. The zero-order valence-electron chi connectivity index (χ0n) is 9.70. The molecule has 0 amide bonds. The minimum absolute atomic E-state index is 0.296. The molecule has 0 aromatic heterocycles. The van der Waals surface area contributed by atoms with Crippen molar-refractivity contribution < 1.29 is 4.74 Å². The van der Waals surface area contributed by atoms with Crippen molar-refractivity contribution in [2.75, 3.05) is 0 Å². The van der Waals surface area contributed by atoms with Gasteiger partial charge in [0.25, 0.3) is 0 Å². The van der Waals surface area contributed by atoms with Crippen LogP contribution in [0.2, 0.25) is 0 Å². The summed E-state index contributed by atoms with van der Waals surface area (Å²) in [6.45, 7) is 4.56. The molecule has 4 rings (SSSR count). The van der Waals surface area contributed by atoms with Gasteiger partial charge in [-0.15, -0.1) is 0 Å². The Hall–Kier alpha value is -0.300. The highest BCUT2D eigenvalue weighted by Crippen LogP contribution is 2.65. The molecule has 3 saturated carbocycles. The van der Waals surface area contributed by atoms with Gasteiger partial charge in [0.15, 0.2) is 0 Å². The third-order valence-corrected chi connectivity index (χ3v) is 5.74. The van der Waals surface area contributed by atoms with Crippen LogP contribution in [0.25, 0.3) is 0 Å². The molecule has 15 heavy (non-hydrogen) atoms. The fourth-order valence-electron chi connectivity index (χ4n) is 4.91. The highest BCUT2D eigenvalue weighted by molar-refractivity contribution is 5.24. The number of epoxide rings is 1. The molecule has 2 bridgehead atoms. The smallest absolute Gasteiger partial charge is 0.0923 e.